The van der Waals surface area contributed by atoms with E-state index in [9.17, 15) is 4.79 Å². The van der Waals surface area contributed by atoms with E-state index >= 15 is 0 Å². The van der Waals surface area contributed by atoms with Crippen molar-refractivity contribution in [2.45, 2.75) is 31.7 Å². The molecule has 0 radical (unpaired) electrons. The predicted molar refractivity (Wildman–Crippen MR) is 79.2 cm³/mol. The smallest absolute Gasteiger partial charge is 0.330 e. The van der Waals surface area contributed by atoms with Crippen molar-refractivity contribution in [1.29, 1.82) is 0 Å². The number of nitrogens with two attached hydrogens (primary N) is 1. The summed E-state index contributed by atoms with van der Waals surface area (Å²) in [5.41, 5.74) is 6.22. The van der Waals surface area contributed by atoms with Crippen molar-refractivity contribution in [1.82, 2.24) is 4.90 Å². The predicted octanol–water partition coefficient (Wildman–Crippen LogP) is 1.89. The molecule has 20 heavy (non-hydrogen) atoms. The second-order valence-corrected chi connectivity index (χ2v) is 5.36. The number of benzene rings is 1. The lowest BCUT2D eigenvalue weighted by molar-refractivity contribution is -0.150. The summed E-state index contributed by atoms with van der Waals surface area (Å²) in [4.78, 5) is 14.7. The minimum absolute atomic E-state index is 0.328. The first kappa shape index (κ1) is 15.0. The third kappa shape index (κ3) is 3.38. The summed E-state index contributed by atoms with van der Waals surface area (Å²) in [7, 11) is 0. The fraction of sp³-hybridized carbons (Fsp3) is 0.562. The second-order valence-electron chi connectivity index (χ2n) is 5.36. The van der Waals surface area contributed by atoms with Crippen LogP contribution < -0.4 is 5.73 Å². The molecular weight excluding hydrogens is 252 g/mol. The van der Waals surface area contributed by atoms with Crippen LogP contribution >= 0.6 is 0 Å². The fourth-order valence-electron chi connectivity index (χ4n) is 2.70. The zero-order valence-electron chi connectivity index (χ0n) is 12.2. The molecule has 0 aromatic heterocycles. The van der Waals surface area contributed by atoms with Crippen molar-refractivity contribution in [2.24, 2.45) is 5.73 Å². The van der Waals surface area contributed by atoms with Crippen LogP contribution in [0.25, 0.3) is 0 Å². The zero-order chi connectivity index (χ0) is 14.4. The van der Waals surface area contributed by atoms with Gasteiger partial charge in [0.15, 0.2) is 0 Å². The van der Waals surface area contributed by atoms with Gasteiger partial charge < -0.3 is 15.4 Å². The summed E-state index contributed by atoms with van der Waals surface area (Å²) in [6.07, 6.45) is 3.07. The van der Waals surface area contributed by atoms with E-state index in [0.717, 1.165) is 25.2 Å². The number of nitrogens with zero attached hydrogens (tertiary/aromatic N) is 1. The molecule has 0 bridgehead atoms. The molecule has 2 N–H and O–H groups in total. The maximum atomic E-state index is 12.3. The van der Waals surface area contributed by atoms with Crippen LogP contribution in [0, 0.1) is 0 Å². The highest BCUT2D eigenvalue weighted by molar-refractivity contribution is 5.82. The van der Waals surface area contributed by atoms with E-state index in [4.69, 9.17) is 10.5 Å². The summed E-state index contributed by atoms with van der Waals surface area (Å²) in [6.45, 7) is 5.21. The fourth-order valence-corrected chi connectivity index (χ4v) is 2.70. The molecule has 0 saturated carbocycles. The first-order valence-electron chi connectivity index (χ1n) is 7.41. The van der Waals surface area contributed by atoms with Gasteiger partial charge in [0, 0.05) is 6.54 Å². The largest absolute Gasteiger partial charge is 0.464 e. The summed E-state index contributed by atoms with van der Waals surface area (Å²) in [5.74, 6) is -0.328. The van der Waals surface area contributed by atoms with Crippen molar-refractivity contribution in [3.05, 3.63) is 35.9 Å². The molecular formula is C16H24N2O2. The Morgan fingerprint density at radius 3 is 2.55 bits per heavy atom. The Hall–Kier alpha value is -1.39. The molecule has 1 aliphatic rings. The van der Waals surface area contributed by atoms with Crippen LogP contribution in [-0.2, 0) is 15.1 Å². The lowest BCUT2D eigenvalue weighted by Gasteiger charge is -2.29. The van der Waals surface area contributed by atoms with Gasteiger partial charge in [0.1, 0.15) is 5.54 Å². The molecule has 4 heteroatoms. The summed E-state index contributed by atoms with van der Waals surface area (Å²) in [5, 5.41) is 0. The van der Waals surface area contributed by atoms with Crippen LogP contribution in [-0.4, -0.2) is 37.1 Å². The molecule has 1 unspecified atom stereocenters. The normalized spacial score (nSPS) is 18.7. The number of likely N-dealkylation sites (tertiary alicyclic amines) is 1. The standard InChI is InChI=1S/C16H24N2O2/c1-2-20-15(19)16(17,14-8-4-3-5-9-14)10-13-18-11-6-7-12-18/h3-5,8-9H,2,6-7,10-13,17H2,1H3. The second kappa shape index (κ2) is 6.86. The molecule has 4 nitrogen and oxygen atoms in total. The molecule has 0 amide bonds. The Balaban J connectivity index is 2.12. The monoisotopic (exact) mass is 276 g/mol. The van der Waals surface area contributed by atoms with Crippen molar-refractivity contribution < 1.29 is 9.53 Å². The lowest BCUT2D eigenvalue weighted by atomic mass is 9.87. The number of carbonyl (C=O) groups excluding carboxylic acids is 1. The van der Waals surface area contributed by atoms with Gasteiger partial charge in [-0.1, -0.05) is 30.3 Å². The third-order valence-corrected chi connectivity index (χ3v) is 3.95. The molecule has 1 heterocycles. The lowest BCUT2D eigenvalue weighted by Crippen LogP contribution is -2.48. The van der Waals surface area contributed by atoms with E-state index in [1.807, 2.05) is 37.3 Å². The van der Waals surface area contributed by atoms with E-state index in [1.165, 1.54) is 12.8 Å². The maximum absolute atomic E-state index is 12.3. The van der Waals surface area contributed by atoms with E-state index in [0.29, 0.717) is 13.0 Å². The average Bonchev–Trinajstić information content (AvgIpc) is 2.99. The number of esters is 1. The van der Waals surface area contributed by atoms with Crippen molar-refractivity contribution >= 4 is 5.97 Å². The zero-order valence-corrected chi connectivity index (χ0v) is 12.2. The molecule has 1 fully saturated rings. The van der Waals surface area contributed by atoms with Crippen LogP contribution in [0.3, 0.4) is 0 Å². The molecule has 2 rings (SSSR count). The highest BCUT2D eigenvalue weighted by Crippen LogP contribution is 2.25. The molecule has 0 spiro atoms. The number of carbonyl (C=O) groups is 1. The molecule has 1 atom stereocenters. The number of hydrogen-bond acceptors (Lipinski definition) is 4. The molecule has 1 aliphatic heterocycles. The van der Waals surface area contributed by atoms with Crippen LogP contribution in [0.5, 0.6) is 0 Å². The minimum atomic E-state index is -1.04. The van der Waals surface area contributed by atoms with Gasteiger partial charge in [0.25, 0.3) is 0 Å². The van der Waals surface area contributed by atoms with E-state index in [1.54, 1.807) is 0 Å². The number of hydrogen-bond donors (Lipinski definition) is 1. The topological polar surface area (TPSA) is 55.6 Å². The van der Waals surface area contributed by atoms with Gasteiger partial charge in [-0.25, -0.2) is 4.79 Å². The Morgan fingerprint density at radius 1 is 1.30 bits per heavy atom. The van der Waals surface area contributed by atoms with Gasteiger partial charge in [-0.15, -0.1) is 0 Å². The first-order valence-corrected chi connectivity index (χ1v) is 7.41. The highest BCUT2D eigenvalue weighted by atomic mass is 16.5. The van der Waals surface area contributed by atoms with Gasteiger partial charge in [0.05, 0.1) is 6.61 Å². The van der Waals surface area contributed by atoms with Gasteiger partial charge in [-0.05, 0) is 44.8 Å². The van der Waals surface area contributed by atoms with Crippen LogP contribution in [0.1, 0.15) is 31.7 Å². The van der Waals surface area contributed by atoms with E-state index in [-0.39, 0.29) is 5.97 Å². The van der Waals surface area contributed by atoms with Crippen LogP contribution in [0.2, 0.25) is 0 Å². The number of ether oxygens (including phenoxy) is 1. The SMILES string of the molecule is CCOC(=O)C(N)(CCN1CCCC1)c1ccccc1. The summed E-state index contributed by atoms with van der Waals surface area (Å²) >= 11 is 0. The van der Waals surface area contributed by atoms with Crippen molar-refractivity contribution in [2.75, 3.05) is 26.2 Å². The highest BCUT2D eigenvalue weighted by Gasteiger charge is 2.37. The molecule has 110 valence electrons. The summed E-state index contributed by atoms with van der Waals surface area (Å²) < 4.78 is 5.19. The van der Waals surface area contributed by atoms with Gasteiger partial charge >= 0.3 is 5.97 Å². The van der Waals surface area contributed by atoms with E-state index in [2.05, 4.69) is 4.90 Å². The van der Waals surface area contributed by atoms with E-state index < -0.39 is 5.54 Å². The van der Waals surface area contributed by atoms with Gasteiger partial charge in [-0.3, -0.25) is 0 Å². The molecule has 1 saturated heterocycles. The van der Waals surface area contributed by atoms with Crippen molar-refractivity contribution in [3.8, 4) is 0 Å². The molecule has 1 aromatic rings. The first-order chi connectivity index (χ1) is 9.66. The Kier molecular flexibility index (Phi) is 5.15. The number of rotatable bonds is 6. The average molecular weight is 276 g/mol. The van der Waals surface area contributed by atoms with Crippen LogP contribution in [0.15, 0.2) is 30.3 Å². The third-order valence-electron chi connectivity index (χ3n) is 3.95. The molecule has 0 aliphatic carbocycles. The molecule has 1 aromatic carbocycles. The summed E-state index contributed by atoms with van der Waals surface area (Å²) in [6, 6.07) is 9.55. The van der Waals surface area contributed by atoms with Crippen LogP contribution in [0.4, 0.5) is 0 Å². The van der Waals surface area contributed by atoms with Crippen molar-refractivity contribution in [3.63, 3.8) is 0 Å². The Morgan fingerprint density at radius 2 is 1.95 bits per heavy atom. The quantitative estimate of drug-likeness (QED) is 0.806. The minimum Gasteiger partial charge on any atom is -0.464 e. The Bertz CT molecular complexity index is 429. The van der Waals surface area contributed by atoms with Gasteiger partial charge in [-0.2, -0.15) is 0 Å². The Labute approximate surface area is 120 Å². The maximum Gasteiger partial charge on any atom is 0.330 e. The van der Waals surface area contributed by atoms with Gasteiger partial charge in [0.2, 0.25) is 0 Å².